The second-order valence-corrected chi connectivity index (χ2v) is 8.31. The van der Waals surface area contributed by atoms with Gasteiger partial charge in [-0.1, -0.05) is 24.1 Å². The maximum absolute atomic E-state index is 11.4. The fraction of sp³-hybridized carbons (Fsp3) is 0.583. The van der Waals surface area contributed by atoms with Crippen LogP contribution in [0.15, 0.2) is 36.9 Å². The number of benzene rings is 1. The van der Waals surface area contributed by atoms with Gasteiger partial charge in [-0.25, -0.2) is 0 Å². The summed E-state index contributed by atoms with van der Waals surface area (Å²) in [5.41, 5.74) is -0.952. The molecule has 3 aliphatic heterocycles. The van der Waals surface area contributed by atoms with Gasteiger partial charge in [0, 0.05) is 13.0 Å². The van der Waals surface area contributed by atoms with Crippen LogP contribution in [0.25, 0.3) is 0 Å². The topological polar surface area (TPSA) is 129 Å². The van der Waals surface area contributed by atoms with Gasteiger partial charge in [0.05, 0.1) is 6.10 Å². The van der Waals surface area contributed by atoms with Gasteiger partial charge in [0.2, 0.25) is 6.29 Å². The molecule has 0 spiro atoms. The van der Waals surface area contributed by atoms with E-state index in [1.807, 2.05) is 12.1 Å². The first-order valence-electron chi connectivity index (χ1n) is 10.9. The van der Waals surface area contributed by atoms with Gasteiger partial charge in [0.25, 0.3) is 0 Å². The summed E-state index contributed by atoms with van der Waals surface area (Å²) in [7, 11) is 0. The van der Waals surface area contributed by atoms with Crippen molar-refractivity contribution in [1.82, 2.24) is 0 Å². The Bertz CT molecular complexity index is 800. The molecule has 0 aromatic heterocycles. The van der Waals surface area contributed by atoms with Gasteiger partial charge in [0.1, 0.15) is 36.3 Å². The Morgan fingerprint density at radius 1 is 1.22 bits per heavy atom. The smallest absolute Gasteiger partial charge is 0.232 e. The zero-order valence-corrected chi connectivity index (χ0v) is 18.0. The van der Waals surface area contributed by atoms with Crippen molar-refractivity contribution in [2.24, 2.45) is 0 Å². The summed E-state index contributed by atoms with van der Waals surface area (Å²) in [5.74, 6) is 3.13. The summed E-state index contributed by atoms with van der Waals surface area (Å²) >= 11 is 0. The predicted octanol–water partition coefficient (Wildman–Crippen LogP) is 0.635. The quantitative estimate of drug-likeness (QED) is 0.304. The number of fused-ring (bicyclic) bond motifs is 8. The highest BCUT2D eigenvalue weighted by Crippen LogP contribution is 2.38. The number of allylic oxidation sites excluding steroid dienone is 1. The minimum atomic E-state index is -1.98. The Hall–Kier alpha value is -2.12. The van der Waals surface area contributed by atoms with Crippen molar-refractivity contribution >= 4 is 0 Å². The lowest BCUT2D eigenvalue weighted by molar-refractivity contribution is -0.331. The van der Waals surface area contributed by atoms with Crippen LogP contribution in [0.1, 0.15) is 37.7 Å². The molecule has 3 heterocycles. The SMILES string of the molecule is C=CCc1ccc(OC2OC3C(CCCO)OC#CCC(O)CCC2(O)C(O)C3O)cc1. The zero-order valence-electron chi connectivity index (χ0n) is 18.0. The molecule has 1 aromatic carbocycles. The summed E-state index contributed by atoms with van der Waals surface area (Å²) in [6.07, 6.45) is -1.35. The van der Waals surface area contributed by atoms with Crippen molar-refractivity contribution in [2.45, 2.75) is 80.9 Å². The van der Waals surface area contributed by atoms with E-state index in [-0.39, 0.29) is 25.9 Å². The third kappa shape index (κ3) is 5.62. The van der Waals surface area contributed by atoms with Crippen LogP contribution in [0.4, 0.5) is 0 Å². The van der Waals surface area contributed by atoms with Crippen molar-refractivity contribution in [3.05, 3.63) is 42.5 Å². The summed E-state index contributed by atoms with van der Waals surface area (Å²) in [6, 6.07) is 7.15. The molecular formula is C24H32O8. The molecule has 5 N–H and O–H groups in total. The van der Waals surface area contributed by atoms with Crippen molar-refractivity contribution in [3.8, 4) is 17.8 Å². The number of hydrogen-bond acceptors (Lipinski definition) is 8. The molecule has 8 nitrogen and oxygen atoms in total. The standard InChI is InChI=1S/C24H32O8/c1-2-5-16-8-10-18(11-9-16)31-23-24(29)13-12-17(26)6-4-15-30-19(7-3-14-25)21(32-23)20(27)22(24)28/h2,8-11,17,19-23,25-29H,1,3,5-7,12-14H2. The van der Waals surface area contributed by atoms with Crippen LogP contribution in [-0.2, 0) is 15.9 Å². The molecule has 3 aliphatic rings. The molecule has 1 aromatic rings. The molecule has 1 fully saturated rings. The maximum Gasteiger partial charge on any atom is 0.232 e. The van der Waals surface area contributed by atoms with E-state index in [4.69, 9.17) is 14.2 Å². The molecule has 0 radical (unpaired) electrons. The van der Waals surface area contributed by atoms with E-state index in [0.717, 1.165) is 5.56 Å². The summed E-state index contributed by atoms with van der Waals surface area (Å²) in [6.45, 7) is 3.61. The van der Waals surface area contributed by atoms with Crippen LogP contribution in [-0.4, -0.2) is 74.6 Å². The fourth-order valence-electron chi connectivity index (χ4n) is 4.01. The molecule has 32 heavy (non-hydrogen) atoms. The van der Waals surface area contributed by atoms with Crippen LogP contribution in [0.3, 0.4) is 0 Å². The average Bonchev–Trinajstić information content (AvgIpc) is 2.79. The highest BCUT2D eigenvalue weighted by atomic mass is 16.7. The number of aliphatic hydroxyl groups excluding tert-OH is 4. The van der Waals surface area contributed by atoms with E-state index >= 15 is 0 Å². The van der Waals surface area contributed by atoms with Gasteiger partial charge >= 0.3 is 0 Å². The van der Waals surface area contributed by atoms with Gasteiger partial charge in [-0.2, -0.15) is 0 Å². The monoisotopic (exact) mass is 448 g/mol. The Morgan fingerprint density at radius 3 is 2.66 bits per heavy atom. The minimum Gasteiger partial charge on any atom is -0.462 e. The van der Waals surface area contributed by atoms with E-state index in [2.05, 4.69) is 18.6 Å². The second-order valence-electron chi connectivity index (χ2n) is 8.31. The van der Waals surface area contributed by atoms with E-state index in [1.54, 1.807) is 18.2 Å². The Kier molecular flexibility index (Phi) is 8.54. The lowest BCUT2D eigenvalue weighted by Crippen LogP contribution is -2.69. The Morgan fingerprint density at radius 2 is 1.97 bits per heavy atom. The number of aliphatic hydroxyl groups is 5. The molecule has 7 unspecified atom stereocenters. The van der Waals surface area contributed by atoms with E-state index < -0.39 is 42.4 Å². The Labute approximate surface area is 188 Å². The van der Waals surface area contributed by atoms with E-state index in [1.165, 1.54) is 0 Å². The molecule has 8 heteroatoms. The van der Waals surface area contributed by atoms with Crippen molar-refractivity contribution < 1.29 is 39.7 Å². The molecule has 4 rings (SSSR count). The molecular weight excluding hydrogens is 416 g/mol. The summed E-state index contributed by atoms with van der Waals surface area (Å²) < 4.78 is 17.5. The number of hydrogen-bond donors (Lipinski definition) is 5. The largest absolute Gasteiger partial charge is 0.462 e. The zero-order chi connectivity index (χ0) is 23.1. The van der Waals surface area contributed by atoms with Gasteiger partial charge in [0.15, 0.2) is 5.60 Å². The molecule has 2 bridgehead atoms. The maximum atomic E-state index is 11.4. The predicted molar refractivity (Wildman–Crippen MR) is 115 cm³/mol. The van der Waals surface area contributed by atoms with Crippen LogP contribution >= 0.6 is 0 Å². The molecule has 0 aliphatic carbocycles. The first kappa shape index (κ1) is 24.5. The van der Waals surface area contributed by atoms with Crippen LogP contribution < -0.4 is 4.74 Å². The fourth-order valence-corrected chi connectivity index (χ4v) is 4.01. The molecule has 176 valence electrons. The molecule has 0 amide bonds. The first-order valence-corrected chi connectivity index (χ1v) is 10.9. The van der Waals surface area contributed by atoms with Gasteiger partial charge in [-0.15, -0.1) is 6.58 Å². The highest BCUT2D eigenvalue weighted by Gasteiger charge is 2.57. The molecule has 1 saturated heterocycles. The lowest BCUT2D eigenvalue weighted by Gasteiger charge is -2.49. The second kappa shape index (κ2) is 11.1. The summed E-state index contributed by atoms with van der Waals surface area (Å²) in [4.78, 5) is 0. The van der Waals surface area contributed by atoms with Gasteiger partial charge in [-0.05, 0) is 49.8 Å². The van der Waals surface area contributed by atoms with Crippen LogP contribution in [0.5, 0.6) is 5.75 Å². The third-order valence-corrected chi connectivity index (χ3v) is 5.92. The summed E-state index contributed by atoms with van der Waals surface area (Å²) in [5, 5.41) is 52.5. The Balaban J connectivity index is 1.92. The van der Waals surface area contributed by atoms with Gasteiger partial charge in [-0.3, -0.25) is 0 Å². The van der Waals surface area contributed by atoms with E-state index in [0.29, 0.717) is 25.0 Å². The van der Waals surface area contributed by atoms with Gasteiger partial charge < -0.3 is 39.7 Å². The number of ether oxygens (including phenoxy) is 3. The van der Waals surface area contributed by atoms with Crippen molar-refractivity contribution in [1.29, 1.82) is 0 Å². The molecule has 0 saturated carbocycles. The lowest BCUT2D eigenvalue weighted by atomic mass is 9.80. The van der Waals surface area contributed by atoms with E-state index in [9.17, 15) is 25.5 Å². The average molecular weight is 449 g/mol. The normalized spacial score (nSPS) is 34.9. The van der Waals surface area contributed by atoms with Crippen molar-refractivity contribution in [2.75, 3.05) is 6.61 Å². The molecule has 7 atom stereocenters. The minimum absolute atomic E-state index is 0.0812. The van der Waals surface area contributed by atoms with Crippen LogP contribution in [0.2, 0.25) is 0 Å². The number of rotatable bonds is 7. The highest BCUT2D eigenvalue weighted by molar-refractivity contribution is 5.28. The first-order chi connectivity index (χ1) is 15.4. The third-order valence-electron chi connectivity index (χ3n) is 5.92. The van der Waals surface area contributed by atoms with Crippen LogP contribution in [0, 0.1) is 12.0 Å². The van der Waals surface area contributed by atoms with Crippen molar-refractivity contribution in [3.63, 3.8) is 0 Å².